The summed E-state index contributed by atoms with van der Waals surface area (Å²) in [6.07, 6.45) is 2.91. The van der Waals surface area contributed by atoms with Crippen LogP contribution in [0.3, 0.4) is 0 Å². The topological polar surface area (TPSA) is 119 Å². The third-order valence-corrected chi connectivity index (χ3v) is 8.81. The van der Waals surface area contributed by atoms with Gasteiger partial charge in [-0.25, -0.2) is 8.42 Å². The second kappa shape index (κ2) is 14.5. The molecule has 2 amide bonds. The Hall–Kier alpha value is -3.31. The highest BCUT2D eigenvalue weighted by molar-refractivity contribution is 9.10. The molecule has 10 heteroatoms. The normalized spacial score (nSPS) is 15.4. The van der Waals surface area contributed by atoms with Crippen LogP contribution in [0.25, 0.3) is 0 Å². The molecule has 1 saturated heterocycles. The Morgan fingerprint density at radius 1 is 0.951 bits per heavy atom. The lowest BCUT2D eigenvalue weighted by molar-refractivity contribution is -0.122. The molecule has 3 N–H and O–H groups in total. The quantitative estimate of drug-likeness (QED) is 0.329. The molecule has 0 bridgehead atoms. The summed E-state index contributed by atoms with van der Waals surface area (Å²) in [5.41, 5.74) is 8.73. The Balaban J connectivity index is 1.40. The summed E-state index contributed by atoms with van der Waals surface area (Å²) in [6, 6.07) is 21.9. The van der Waals surface area contributed by atoms with Crippen LogP contribution in [-0.4, -0.2) is 63.5 Å². The van der Waals surface area contributed by atoms with Crippen LogP contribution >= 0.6 is 15.9 Å². The first-order valence-electron chi connectivity index (χ1n) is 13.5. The number of rotatable bonds is 11. The van der Waals surface area contributed by atoms with Crippen molar-refractivity contribution < 1.29 is 22.7 Å². The zero-order chi connectivity index (χ0) is 29.2. The van der Waals surface area contributed by atoms with E-state index in [1.165, 1.54) is 18.2 Å². The molecule has 4 rings (SSSR count). The fourth-order valence-electron chi connectivity index (χ4n) is 4.45. The van der Waals surface area contributed by atoms with Gasteiger partial charge in [-0.1, -0.05) is 64.5 Å². The third-order valence-electron chi connectivity index (χ3n) is 6.84. The first kappa shape index (κ1) is 30.6. The summed E-state index contributed by atoms with van der Waals surface area (Å²) in [7, 11) is -3.70. The minimum absolute atomic E-state index is 0.0481. The molecule has 216 valence electrons. The van der Waals surface area contributed by atoms with Crippen LogP contribution in [0.15, 0.2) is 99.7 Å². The molecular formula is C31H34BrN3O5S. The fourth-order valence-corrected chi connectivity index (χ4v) is 5.79. The van der Waals surface area contributed by atoms with Crippen molar-refractivity contribution in [3.63, 3.8) is 0 Å². The number of benzene rings is 3. The fraction of sp³-hybridized carbons (Fsp3) is 0.290. The molecule has 1 aliphatic rings. The molecule has 8 nitrogen and oxygen atoms in total. The van der Waals surface area contributed by atoms with E-state index in [9.17, 15) is 18.0 Å². The average molecular weight is 641 g/mol. The van der Waals surface area contributed by atoms with Crippen LogP contribution in [-0.2, 0) is 32.2 Å². The van der Waals surface area contributed by atoms with Crippen LogP contribution in [0.4, 0.5) is 0 Å². The van der Waals surface area contributed by atoms with E-state index in [-0.39, 0.29) is 23.1 Å². The molecule has 0 saturated carbocycles. The van der Waals surface area contributed by atoms with Crippen LogP contribution in [0, 0.1) is 0 Å². The SMILES string of the molecule is N[C@@H](Cc1ccc(C(=O)N2CCOCC2)cc1)C(=O)N[C@H](/C=C/S(=O)(=O)c1ccc(Br)cc1)CCc1ccccc1. The monoisotopic (exact) mass is 639 g/mol. The number of carbonyl (C=O) groups excluding carboxylic acids is 2. The molecular weight excluding hydrogens is 606 g/mol. The van der Waals surface area contributed by atoms with Crippen molar-refractivity contribution in [2.45, 2.75) is 36.2 Å². The number of carbonyl (C=O) groups is 2. The number of nitrogens with zero attached hydrogens (tertiary/aromatic N) is 1. The highest BCUT2D eigenvalue weighted by Crippen LogP contribution is 2.18. The lowest BCUT2D eigenvalue weighted by Gasteiger charge is -2.26. The van der Waals surface area contributed by atoms with Crippen LogP contribution in [0.5, 0.6) is 0 Å². The lowest BCUT2D eigenvalue weighted by atomic mass is 10.0. The number of ether oxygens (including phenoxy) is 1. The van der Waals surface area contributed by atoms with E-state index in [4.69, 9.17) is 10.5 Å². The van der Waals surface area contributed by atoms with Gasteiger partial charge in [-0.2, -0.15) is 0 Å². The van der Waals surface area contributed by atoms with Crippen LogP contribution in [0.2, 0.25) is 0 Å². The Labute approximate surface area is 249 Å². The van der Waals surface area contributed by atoms with E-state index in [0.717, 1.165) is 21.0 Å². The number of hydrogen-bond acceptors (Lipinski definition) is 6. The number of nitrogens with one attached hydrogen (secondary N) is 1. The highest BCUT2D eigenvalue weighted by Gasteiger charge is 2.21. The number of hydrogen-bond donors (Lipinski definition) is 2. The van der Waals surface area contributed by atoms with Gasteiger partial charge in [0.05, 0.1) is 24.2 Å². The van der Waals surface area contributed by atoms with Crippen molar-refractivity contribution in [1.82, 2.24) is 10.2 Å². The lowest BCUT2D eigenvalue weighted by Crippen LogP contribution is -2.46. The molecule has 1 aliphatic heterocycles. The second-order valence-corrected chi connectivity index (χ2v) is 12.6. The van der Waals surface area contributed by atoms with Gasteiger partial charge in [0.25, 0.3) is 5.91 Å². The molecule has 0 aliphatic carbocycles. The number of nitrogens with two attached hydrogens (primary N) is 1. The number of aryl methyl sites for hydroxylation is 1. The predicted octanol–water partition coefficient (Wildman–Crippen LogP) is 3.90. The van der Waals surface area contributed by atoms with E-state index >= 15 is 0 Å². The minimum Gasteiger partial charge on any atom is -0.378 e. The summed E-state index contributed by atoms with van der Waals surface area (Å²) < 4.78 is 31.9. The summed E-state index contributed by atoms with van der Waals surface area (Å²) in [5.74, 6) is -0.435. The Morgan fingerprint density at radius 3 is 2.27 bits per heavy atom. The molecule has 0 unspecified atom stereocenters. The molecule has 3 aromatic rings. The van der Waals surface area contributed by atoms with E-state index < -0.39 is 21.9 Å². The molecule has 3 aromatic carbocycles. The first-order chi connectivity index (χ1) is 19.7. The van der Waals surface area contributed by atoms with Crippen LogP contribution in [0.1, 0.15) is 27.9 Å². The molecule has 0 aromatic heterocycles. The largest absolute Gasteiger partial charge is 0.378 e. The smallest absolute Gasteiger partial charge is 0.254 e. The summed E-state index contributed by atoms with van der Waals surface area (Å²) >= 11 is 3.31. The maximum absolute atomic E-state index is 13.1. The summed E-state index contributed by atoms with van der Waals surface area (Å²) in [4.78, 5) is 27.7. The molecule has 1 fully saturated rings. The van der Waals surface area contributed by atoms with E-state index in [1.807, 2.05) is 30.3 Å². The van der Waals surface area contributed by atoms with E-state index in [2.05, 4.69) is 21.2 Å². The number of halogens is 1. The van der Waals surface area contributed by atoms with Crippen molar-refractivity contribution in [3.05, 3.63) is 112 Å². The van der Waals surface area contributed by atoms with Gasteiger partial charge in [0.2, 0.25) is 5.91 Å². The van der Waals surface area contributed by atoms with Crippen molar-refractivity contribution in [2.24, 2.45) is 5.73 Å². The van der Waals surface area contributed by atoms with Gasteiger partial charge in [-0.3, -0.25) is 9.59 Å². The third kappa shape index (κ3) is 9.09. The van der Waals surface area contributed by atoms with Gasteiger partial charge in [0.15, 0.2) is 9.84 Å². The molecule has 1 heterocycles. The predicted molar refractivity (Wildman–Crippen MR) is 162 cm³/mol. The maximum Gasteiger partial charge on any atom is 0.254 e. The molecule has 0 radical (unpaired) electrons. The first-order valence-corrected chi connectivity index (χ1v) is 15.8. The number of amides is 2. The Bertz CT molecular complexity index is 1440. The van der Waals surface area contributed by atoms with E-state index in [0.29, 0.717) is 44.7 Å². The zero-order valence-electron chi connectivity index (χ0n) is 22.6. The van der Waals surface area contributed by atoms with Crippen molar-refractivity contribution in [2.75, 3.05) is 26.3 Å². The van der Waals surface area contributed by atoms with Crippen molar-refractivity contribution in [1.29, 1.82) is 0 Å². The minimum atomic E-state index is -3.70. The standard InChI is InChI=1S/C31H34BrN3O5S/c32-26-11-14-28(15-12-26)41(38,39)21-16-27(13-8-23-4-2-1-3-5-23)34-30(36)29(33)22-24-6-9-25(10-7-24)31(37)35-17-19-40-20-18-35/h1-7,9-12,14-16,21,27,29H,8,13,17-20,22,33H2,(H,34,36)/b21-16+/t27-,29-/m0/s1. The van der Waals surface area contributed by atoms with Crippen molar-refractivity contribution in [3.8, 4) is 0 Å². The summed E-state index contributed by atoms with van der Waals surface area (Å²) in [6.45, 7) is 2.20. The molecule has 2 atom stereocenters. The average Bonchev–Trinajstić information content (AvgIpc) is 2.99. The Morgan fingerprint density at radius 2 is 1.61 bits per heavy atom. The molecule has 41 heavy (non-hydrogen) atoms. The zero-order valence-corrected chi connectivity index (χ0v) is 25.0. The van der Waals surface area contributed by atoms with E-state index in [1.54, 1.807) is 41.3 Å². The van der Waals surface area contributed by atoms with Gasteiger partial charge in [0, 0.05) is 34.6 Å². The second-order valence-electron chi connectivity index (χ2n) is 9.88. The Kier molecular flexibility index (Phi) is 10.9. The van der Waals surface area contributed by atoms with Gasteiger partial charge >= 0.3 is 0 Å². The highest BCUT2D eigenvalue weighted by atomic mass is 79.9. The van der Waals surface area contributed by atoms with Gasteiger partial charge in [-0.05, 0) is 66.8 Å². The van der Waals surface area contributed by atoms with Crippen molar-refractivity contribution >= 4 is 37.6 Å². The number of morpholine rings is 1. The van der Waals surface area contributed by atoms with Crippen LogP contribution < -0.4 is 11.1 Å². The van der Waals surface area contributed by atoms with Gasteiger partial charge < -0.3 is 20.7 Å². The van der Waals surface area contributed by atoms with Gasteiger partial charge in [-0.15, -0.1) is 0 Å². The van der Waals surface area contributed by atoms with Gasteiger partial charge in [0.1, 0.15) is 0 Å². The maximum atomic E-state index is 13.1. The molecule has 0 spiro atoms. The number of sulfone groups is 1. The summed E-state index contributed by atoms with van der Waals surface area (Å²) in [5, 5.41) is 4.06.